The van der Waals surface area contributed by atoms with Crippen molar-refractivity contribution in [2.45, 2.75) is 26.0 Å². The molecular weight excluding hydrogens is 466 g/mol. The highest BCUT2D eigenvalue weighted by atomic mass is 32.2. The molecule has 1 saturated heterocycles. The van der Waals surface area contributed by atoms with Crippen LogP contribution in [0.1, 0.15) is 23.1 Å². The third-order valence-electron chi connectivity index (χ3n) is 6.15. The maximum absolute atomic E-state index is 13.3. The van der Waals surface area contributed by atoms with Crippen LogP contribution in [0.4, 0.5) is 8.78 Å². The summed E-state index contributed by atoms with van der Waals surface area (Å²) in [5.41, 5.74) is 2.59. The fourth-order valence-corrected chi connectivity index (χ4v) is 5.97. The van der Waals surface area contributed by atoms with Crippen LogP contribution in [-0.4, -0.2) is 64.6 Å². The lowest BCUT2D eigenvalue weighted by molar-refractivity contribution is -0.0498. The second-order valence-corrected chi connectivity index (χ2v) is 10.2. The molecule has 0 saturated carbocycles. The highest BCUT2D eigenvalue weighted by Gasteiger charge is 2.31. The van der Waals surface area contributed by atoms with Crippen molar-refractivity contribution in [1.29, 1.82) is 0 Å². The Morgan fingerprint density at radius 2 is 1.68 bits per heavy atom. The monoisotopic (exact) mass is 494 g/mol. The van der Waals surface area contributed by atoms with Crippen LogP contribution < -0.4 is 14.2 Å². The van der Waals surface area contributed by atoms with Gasteiger partial charge in [0.1, 0.15) is 5.75 Å². The summed E-state index contributed by atoms with van der Waals surface area (Å²) < 4.78 is 68.1. The minimum Gasteiger partial charge on any atom is -0.493 e. The van der Waals surface area contributed by atoms with E-state index in [0.29, 0.717) is 62.0 Å². The number of hydrogen-bond donors (Lipinski definition) is 0. The summed E-state index contributed by atoms with van der Waals surface area (Å²) in [6.45, 7) is -0.161. The van der Waals surface area contributed by atoms with E-state index in [-0.39, 0.29) is 5.75 Å². The minimum absolute atomic E-state index is 0.0825. The fourth-order valence-electron chi connectivity index (χ4n) is 4.35. The van der Waals surface area contributed by atoms with Crippen LogP contribution in [0.2, 0.25) is 0 Å². The molecule has 34 heavy (non-hydrogen) atoms. The van der Waals surface area contributed by atoms with Crippen molar-refractivity contribution in [3.8, 4) is 17.2 Å². The Morgan fingerprint density at radius 1 is 0.941 bits per heavy atom. The summed E-state index contributed by atoms with van der Waals surface area (Å²) in [5.74, 6) is 1.42. The number of halogens is 2. The molecule has 0 amide bonds. The summed E-state index contributed by atoms with van der Waals surface area (Å²) in [7, 11) is -0.402. The van der Waals surface area contributed by atoms with Gasteiger partial charge in [-0.3, -0.25) is 4.90 Å². The zero-order valence-corrected chi connectivity index (χ0v) is 20.0. The average molecular weight is 495 g/mol. The number of methoxy groups -OCH3 is 2. The summed E-state index contributed by atoms with van der Waals surface area (Å²) in [6, 6.07) is 10.4. The molecule has 184 valence electrons. The van der Waals surface area contributed by atoms with Crippen molar-refractivity contribution in [2.75, 3.05) is 40.4 Å². The molecule has 2 aromatic carbocycles. The number of allylic oxidation sites excluding steroid dienone is 1. The van der Waals surface area contributed by atoms with Crippen LogP contribution in [0, 0.1) is 0 Å². The molecule has 0 N–H and O–H groups in total. The number of aryl methyl sites for hydroxylation is 1. The fraction of sp³-hybridized carbons (Fsp3) is 0.417. The second-order valence-electron chi connectivity index (χ2n) is 8.22. The molecule has 2 aromatic rings. The van der Waals surface area contributed by atoms with E-state index in [1.807, 2.05) is 18.2 Å². The highest BCUT2D eigenvalue weighted by molar-refractivity contribution is 7.93. The van der Waals surface area contributed by atoms with Gasteiger partial charge in [-0.2, -0.15) is 13.1 Å². The van der Waals surface area contributed by atoms with Crippen LogP contribution >= 0.6 is 0 Å². The first-order valence-corrected chi connectivity index (χ1v) is 12.5. The number of ether oxygens (including phenoxy) is 3. The van der Waals surface area contributed by atoms with E-state index in [2.05, 4.69) is 9.64 Å². The summed E-state index contributed by atoms with van der Waals surface area (Å²) in [4.78, 5) is 2.57. The van der Waals surface area contributed by atoms with Gasteiger partial charge >= 0.3 is 6.61 Å². The maximum atomic E-state index is 13.3. The molecule has 4 rings (SSSR count). The molecule has 1 heterocycles. The van der Waals surface area contributed by atoms with Crippen molar-refractivity contribution in [3.63, 3.8) is 0 Å². The van der Waals surface area contributed by atoms with Gasteiger partial charge in [-0.05, 0) is 59.9 Å². The van der Waals surface area contributed by atoms with Gasteiger partial charge in [0.15, 0.2) is 11.5 Å². The van der Waals surface area contributed by atoms with Crippen molar-refractivity contribution in [1.82, 2.24) is 9.21 Å². The van der Waals surface area contributed by atoms with Crippen molar-refractivity contribution >= 4 is 16.1 Å². The van der Waals surface area contributed by atoms with Crippen LogP contribution in [0.25, 0.3) is 6.08 Å². The third-order valence-corrected chi connectivity index (χ3v) is 8.18. The van der Waals surface area contributed by atoms with E-state index in [0.717, 1.165) is 16.7 Å². The lowest BCUT2D eigenvalue weighted by atomic mass is 9.97. The van der Waals surface area contributed by atoms with E-state index in [9.17, 15) is 17.2 Å². The topological polar surface area (TPSA) is 68.3 Å². The molecular formula is C24H28F2N2O5S. The van der Waals surface area contributed by atoms with Crippen molar-refractivity contribution < 1.29 is 31.4 Å². The number of benzene rings is 2. The van der Waals surface area contributed by atoms with Crippen LogP contribution in [-0.2, 0) is 23.0 Å². The summed E-state index contributed by atoms with van der Waals surface area (Å²) in [5, 5.41) is 0. The Hall–Kier alpha value is -2.69. The molecule has 10 heteroatoms. The molecule has 0 aromatic heterocycles. The molecule has 2 aliphatic rings. The molecule has 0 atom stereocenters. The lowest BCUT2D eigenvalue weighted by Crippen LogP contribution is -2.48. The highest BCUT2D eigenvalue weighted by Crippen LogP contribution is 2.32. The van der Waals surface area contributed by atoms with E-state index >= 15 is 0 Å². The molecule has 0 radical (unpaired) electrons. The number of fused-ring (bicyclic) bond motifs is 1. The van der Waals surface area contributed by atoms with Gasteiger partial charge in [0, 0.05) is 32.7 Å². The average Bonchev–Trinajstić information content (AvgIpc) is 2.83. The second kappa shape index (κ2) is 10.3. The normalized spacial score (nSPS) is 17.3. The van der Waals surface area contributed by atoms with Gasteiger partial charge in [0.2, 0.25) is 10.0 Å². The Kier molecular flexibility index (Phi) is 7.39. The van der Waals surface area contributed by atoms with Crippen LogP contribution in [0.5, 0.6) is 17.2 Å². The molecule has 1 fully saturated rings. The van der Waals surface area contributed by atoms with Gasteiger partial charge in [-0.1, -0.05) is 12.1 Å². The van der Waals surface area contributed by atoms with Gasteiger partial charge in [0.25, 0.3) is 0 Å². The van der Waals surface area contributed by atoms with Gasteiger partial charge in [0.05, 0.1) is 19.1 Å². The van der Waals surface area contributed by atoms with E-state index in [4.69, 9.17) is 9.47 Å². The third kappa shape index (κ3) is 5.34. The predicted octanol–water partition coefficient (Wildman–Crippen LogP) is 3.74. The Balaban J connectivity index is 1.40. The molecule has 1 aliphatic heterocycles. The van der Waals surface area contributed by atoms with Crippen molar-refractivity contribution in [2.24, 2.45) is 0 Å². The standard InChI is InChI=1S/C24H28F2N2O5S/c1-31-22-8-3-17(13-23(22)32-2)16-27-9-11-28(12-10-27)34(29,30)21-7-5-18-14-20(33-24(25)26)6-4-19(18)15-21/h3-4,6,8,13-15,24H,5,7,9-12,16H2,1-2H3. The smallest absolute Gasteiger partial charge is 0.387 e. The van der Waals surface area contributed by atoms with E-state index in [1.54, 1.807) is 32.4 Å². The zero-order valence-electron chi connectivity index (χ0n) is 19.2. The molecule has 0 bridgehead atoms. The van der Waals surface area contributed by atoms with E-state index < -0.39 is 16.6 Å². The first-order chi connectivity index (χ1) is 16.3. The van der Waals surface area contributed by atoms with Gasteiger partial charge in [-0.25, -0.2) is 8.42 Å². The Morgan fingerprint density at radius 3 is 2.35 bits per heavy atom. The maximum Gasteiger partial charge on any atom is 0.387 e. The van der Waals surface area contributed by atoms with Crippen LogP contribution in [0.3, 0.4) is 0 Å². The van der Waals surface area contributed by atoms with E-state index in [1.165, 1.54) is 10.4 Å². The Bertz CT molecular complexity index is 1160. The number of rotatable bonds is 8. The molecule has 0 unspecified atom stereocenters. The van der Waals surface area contributed by atoms with Gasteiger partial charge < -0.3 is 14.2 Å². The van der Waals surface area contributed by atoms with Crippen molar-refractivity contribution in [3.05, 3.63) is 58.0 Å². The number of nitrogens with zero attached hydrogens (tertiary/aromatic N) is 2. The molecule has 1 aliphatic carbocycles. The minimum atomic E-state index is -3.59. The number of alkyl halides is 2. The number of sulfonamides is 1. The molecule has 7 nitrogen and oxygen atoms in total. The summed E-state index contributed by atoms with van der Waals surface area (Å²) >= 11 is 0. The van der Waals surface area contributed by atoms with Crippen LogP contribution in [0.15, 0.2) is 41.3 Å². The summed E-state index contributed by atoms with van der Waals surface area (Å²) in [6.07, 6.45) is 2.44. The SMILES string of the molecule is COc1ccc(CN2CCN(S(=O)(=O)C3=Cc4ccc(OC(F)F)cc4CC3)CC2)cc1OC. The Labute approximate surface area is 198 Å². The zero-order chi connectivity index (χ0) is 24.3. The predicted molar refractivity (Wildman–Crippen MR) is 125 cm³/mol. The first kappa shape index (κ1) is 24.4. The number of hydrogen-bond acceptors (Lipinski definition) is 6. The lowest BCUT2D eigenvalue weighted by Gasteiger charge is -2.35. The quantitative estimate of drug-likeness (QED) is 0.557. The number of piperazine rings is 1. The largest absolute Gasteiger partial charge is 0.493 e. The first-order valence-electron chi connectivity index (χ1n) is 11.0. The van der Waals surface area contributed by atoms with Gasteiger partial charge in [-0.15, -0.1) is 0 Å². The molecule has 0 spiro atoms.